The van der Waals surface area contributed by atoms with E-state index in [0.717, 1.165) is 77.0 Å². The largest absolute Gasteiger partial charge is 0.462 e. The summed E-state index contributed by atoms with van der Waals surface area (Å²) in [5.74, 6) is -0.853. The fraction of sp³-hybridized carbons (Fsp3) is 0.721. The normalized spacial score (nSPS) is 21.5. The van der Waals surface area contributed by atoms with Crippen molar-refractivity contribution < 1.29 is 49.0 Å². The van der Waals surface area contributed by atoms with Crippen LogP contribution in [0.25, 0.3) is 0 Å². The maximum Gasteiger partial charge on any atom is 0.306 e. The number of rotatable bonds is 32. The lowest BCUT2D eigenvalue weighted by Gasteiger charge is -2.39. The van der Waals surface area contributed by atoms with Gasteiger partial charge in [0.15, 0.2) is 12.4 Å². The first-order chi connectivity index (χ1) is 25.8. The molecule has 4 N–H and O–H groups in total. The summed E-state index contributed by atoms with van der Waals surface area (Å²) in [7, 11) is 0. The molecule has 0 saturated carbocycles. The number of allylic oxidation sites excluding steroid dienone is 10. The Morgan fingerprint density at radius 1 is 0.604 bits per heavy atom. The Labute approximate surface area is 320 Å². The molecule has 0 aromatic heterocycles. The van der Waals surface area contributed by atoms with E-state index in [-0.39, 0.29) is 26.1 Å². The van der Waals surface area contributed by atoms with Crippen LogP contribution in [-0.2, 0) is 28.5 Å². The highest BCUT2D eigenvalue weighted by molar-refractivity contribution is 5.70. The summed E-state index contributed by atoms with van der Waals surface area (Å²) in [5, 5.41) is 39.9. The van der Waals surface area contributed by atoms with E-state index in [1.807, 2.05) is 0 Å². The summed E-state index contributed by atoms with van der Waals surface area (Å²) < 4.78 is 22.0. The molecule has 0 spiro atoms. The maximum absolute atomic E-state index is 12.7. The molecule has 0 aromatic rings. The van der Waals surface area contributed by atoms with Crippen molar-refractivity contribution in [2.75, 3.05) is 19.8 Å². The Balaban J connectivity index is 2.39. The van der Waals surface area contributed by atoms with Crippen molar-refractivity contribution in [3.05, 3.63) is 60.8 Å². The zero-order chi connectivity index (χ0) is 38.8. The van der Waals surface area contributed by atoms with Crippen molar-refractivity contribution in [2.24, 2.45) is 0 Å². The molecule has 1 saturated heterocycles. The lowest BCUT2D eigenvalue weighted by atomic mass is 9.99. The van der Waals surface area contributed by atoms with Crippen LogP contribution in [0.5, 0.6) is 0 Å². The summed E-state index contributed by atoms with van der Waals surface area (Å²) in [6.45, 7) is 3.22. The van der Waals surface area contributed by atoms with Crippen LogP contribution in [0, 0.1) is 0 Å². The predicted octanol–water partition coefficient (Wildman–Crippen LogP) is 7.88. The van der Waals surface area contributed by atoms with Crippen LogP contribution in [-0.4, -0.2) is 89.0 Å². The molecular formula is C43H72O10. The molecule has 0 radical (unpaired) electrons. The van der Waals surface area contributed by atoms with E-state index in [1.165, 1.54) is 32.1 Å². The predicted molar refractivity (Wildman–Crippen MR) is 210 cm³/mol. The van der Waals surface area contributed by atoms with Crippen molar-refractivity contribution in [2.45, 2.75) is 179 Å². The highest BCUT2D eigenvalue weighted by atomic mass is 16.7. The van der Waals surface area contributed by atoms with E-state index < -0.39 is 55.4 Å². The van der Waals surface area contributed by atoms with Gasteiger partial charge in [-0.1, -0.05) is 132 Å². The average molecular weight is 749 g/mol. The van der Waals surface area contributed by atoms with Gasteiger partial charge >= 0.3 is 11.9 Å². The summed E-state index contributed by atoms with van der Waals surface area (Å²) >= 11 is 0. The SMILES string of the molecule is CC/C=C\C/C=C\C/C=C\C/C=C\C/C=C\CCCCCC(=O)OC(COC(=O)CCCCCCCCCCC)COC1OC(CO)C(O)C(O)C1O. The smallest absolute Gasteiger partial charge is 0.306 e. The number of carbonyl (C=O) groups excluding carboxylic acids is 2. The second-order valence-corrected chi connectivity index (χ2v) is 13.7. The number of aliphatic hydroxyl groups excluding tert-OH is 4. The Morgan fingerprint density at radius 2 is 1.11 bits per heavy atom. The molecule has 304 valence electrons. The van der Waals surface area contributed by atoms with Gasteiger partial charge in [-0.3, -0.25) is 9.59 Å². The van der Waals surface area contributed by atoms with Gasteiger partial charge in [-0.25, -0.2) is 0 Å². The van der Waals surface area contributed by atoms with E-state index in [2.05, 4.69) is 74.6 Å². The number of unbranched alkanes of at least 4 members (excludes halogenated alkanes) is 11. The fourth-order valence-electron chi connectivity index (χ4n) is 5.68. The molecule has 1 fully saturated rings. The van der Waals surface area contributed by atoms with Gasteiger partial charge in [0.2, 0.25) is 0 Å². The molecule has 6 unspecified atom stereocenters. The van der Waals surface area contributed by atoms with Crippen LogP contribution < -0.4 is 0 Å². The van der Waals surface area contributed by atoms with Gasteiger partial charge in [0, 0.05) is 12.8 Å². The molecule has 10 nitrogen and oxygen atoms in total. The number of carbonyl (C=O) groups is 2. The number of esters is 2. The summed E-state index contributed by atoms with van der Waals surface area (Å²) in [4.78, 5) is 25.2. The Morgan fingerprint density at radius 3 is 1.68 bits per heavy atom. The zero-order valence-electron chi connectivity index (χ0n) is 32.7. The van der Waals surface area contributed by atoms with Gasteiger partial charge < -0.3 is 39.4 Å². The Hall–Kier alpha value is -2.60. The third-order valence-corrected chi connectivity index (χ3v) is 8.92. The minimum absolute atomic E-state index is 0.189. The van der Waals surface area contributed by atoms with Crippen LogP contribution in [0.4, 0.5) is 0 Å². The molecule has 1 rings (SSSR count). The van der Waals surface area contributed by atoms with E-state index in [4.69, 9.17) is 18.9 Å². The topological polar surface area (TPSA) is 152 Å². The lowest BCUT2D eigenvalue weighted by molar-refractivity contribution is -0.305. The Bertz CT molecular complexity index is 1050. The van der Waals surface area contributed by atoms with Crippen LogP contribution in [0.15, 0.2) is 60.8 Å². The third-order valence-electron chi connectivity index (χ3n) is 8.92. The quantitative estimate of drug-likeness (QED) is 0.0304. The molecule has 1 heterocycles. The van der Waals surface area contributed by atoms with Crippen molar-refractivity contribution in [1.29, 1.82) is 0 Å². The van der Waals surface area contributed by atoms with Gasteiger partial charge in [-0.05, 0) is 57.8 Å². The van der Waals surface area contributed by atoms with Gasteiger partial charge in [-0.15, -0.1) is 0 Å². The van der Waals surface area contributed by atoms with E-state index in [0.29, 0.717) is 6.42 Å². The highest BCUT2D eigenvalue weighted by Gasteiger charge is 2.44. The first-order valence-corrected chi connectivity index (χ1v) is 20.4. The molecule has 53 heavy (non-hydrogen) atoms. The minimum atomic E-state index is -1.60. The van der Waals surface area contributed by atoms with Crippen LogP contribution in [0.3, 0.4) is 0 Å². The van der Waals surface area contributed by atoms with Crippen LogP contribution in [0.2, 0.25) is 0 Å². The van der Waals surface area contributed by atoms with Crippen molar-refractivity contribution in [3.63, 3.8) is 0 Å². The molecule has 10 heteroatoms. The molecule has 1 aliphatic heterocycles. The van der Waals surface area contributed by atoms with Gasteiger partial charge in [-0.2, -0.15) is 0 Å². The molecule has 6 atom stereocenters. The van der Waals surface area contributed by atoms with Crippen LogP contribution >= 0.6 is 0 Å². The number of hydrogen-bond acceptors (Lipinski definition) is 10. The second kappa shape index (κ2) is 33.9. The standard InChI is InChI=1S/C43H72O10/c1-3-5-7-9-11-13-14-15-16-17-18-19-20-21-22-24-26-28-30-32-39(46)52-36(35-51-43-42(49)41(48)40(47)37(33-44)53-43)34-50-38(45)31-29-27-25-23-12-10-8-6-4-2/h5,7,11,13,15-16,18-19,21-22,36-37,40-44,47-49H,3-4,6,8-10,12,14,17,20,23-35H2,1-2H3/b7-5-,13-11-,16-15-,19-18-,22-21-. The van der Waals surface area contributed by atoms with E-state index >= 15 is 0 Å². The number of ether oxygens (including phenoxy) is 4. The van der Waals surface area contributed by atoms with E-state index in [1.54, 1.807) is 0 Å². The molecule has 0 aliphatic carbocycles. The molecule has 0 aromatic carbocycles. The summed E-state index contributed by atoms with van der Waals surface area (Å²) in [6, 6.07) is 0. The number of aliphatic hydroxyl groups is 4. The van der Waals surface area contributed by atoms with Crippen molar-refractivity contribution >= 4 is 11.9 Å². The van der Waals surface area contributed by atoms with E-state index in [9.17, 15) is 30.0 Å². The van der Waals surface area contributed by atoms with Crippen LogP contribution in [0.1, 0.15) is 142 Å². The van der Waals surface area contributed by atoms with Crippen molar-refractivity contribution in [1.82, 2.24) is 0 Å². The van der Waals surface area contributed by atoms with Gasteiger partial charge in [0.25, 0.3) is 0 Å². The lowest BCUT2D eigenvalue weighted by Crippen LogP contribution is -2.59. The van der Waals surface area contributed by atoms with Gasteiger partial charge in [0.05, 0.1) is 13.2 Å². The molecule has 1 aliphatic rings. The van der Waals surface area contributed by atoms with Gasteiger partial charge in [0.1, 0.15) is 31.0 Å². The minimum Gasteiger partial charge on any atom is -0.462 e. The first kappa shape index (κ1) is 48.4. The summed E-state index contributed by atoms with van der Waals surface area (Å²) in [5.41, 5.74) is 0. The maximum atomic E-state index is 12.7. The summed E-state index contributed by atoms with van der Waals surface area (Å²) in [6.07, 6.45) is 32.4. The molecule has 0 bridgehead atoms. The zero-order valence-corrected chi connectivity index (χ0v) is 32.7. The van der Waals surface area contributed by atoms with Crippen molar-refractivity contribution in [3.8, 4) is 0 Å². The monoisotopic (exact) mass is 749 g/mol. The third kappa shape index (κ3) is 25.9. The highest BCUT2D eigenvalue weighted by Crippen LogP contribution is 2.22. The Kier molecular flexibility index (Phi) is 31.0. The fourth-order valence-corrected chi connectivity index (χ4v) is 5.68. The second-order valence-electron chi connectivity index (χ2n) is 13.7. The molecular weight excluding hydrogens is 676 g/mol. The number of hydrogen-bond donors (Lipinski definition) is 4. The molecule has 0 amide bonds. The average Bonchev–Trinajstić information content (AvgIpc) is 3.15. The first-order valence-electron chi connectivity index (χ1n) is 20.4.